The number of morpholine rings is 1. The Kier molecular flexibility index (Phi) is 7.55. The minimum atomic E-state index is -0.393. The zero-order valence-electron chi connectivity index (χ0n) is 13.2. The molecule has 0 atom stereocenters. The average molecular weight is 325 g/mol. The van der Waals surface area contributed by atoms with Crippen molar-refractivity contribution in [1.29, 1.82) is 0 Å². The van der Waals surface area contributed by atoms with Gasteiger partial charge in [0.1, 0.15) is 13.2 Å². The summed E-state index contributed by atoms with van der Waals surface area (Å²) in [6.45, 7) is 5.02. The van der Waals surface area contributed by atoms with Gasteiger partial charge in [0, 0.05) is 32.0 Å². The summed E-state index contributed by atoms with van der Waals surface area (Å²) in [4.78, 5) is 29.2. The lowest BCUT2D eigenvalue weighted by Crippen LogP contribution is -2.38. The molecule has 1 aromatic heterocycles. The van der Waals surface area contributed by atoms with Crippen LogP contribution < -0.4 is 0 Å². The fourth-order valence-corrected chi connectivity index (χ4v) is 2.15. The van der Waals surface area contributed by atoms with Crippen molar-refractivity contribution < 1.29 is 23.8 Å². The van der Waals surface area contributed by atoms with Crippen LogP contribution in [-0.2, 0) is 30.3 Å². The van der Waals surface area contributed by atoms with Crippen LogP contribution in [0.5, 0.6) is 0 Å². The molecule has 0 radical (unpaired) electrons. The normalized spacial score (nSPS) is 15.3. The van der Waals surface area contributed by atoms with E-state index in [1.165, 1.54) is 0 Å². The van der Waals surface area contributed by atoms with Crippen LogP contribution in [0.2, 0.25) is 0 Å². The highest BCUT2D eigenvalue weighted by atomic mass is 16.5. The predicted molar refractivity (Wildman–Crippen MR) is 80.6 cm³/mol. The largest absolute Gasteiger partial charge is 0.464 e. The molecule has 1 aliphatic heterocycles. The molecule has 0 bridgehead atoms. The van der Waals surface area contributed by atoms with Gasteiger partial charge in [0.25, 0.3) is 0 Å². The first-order valence-corrected chi connectivity index (χ1v) is 7.81. The monoisotopic (exact) mass is 325 g/mol. The number of aromatic nitrogens is 2. The maximum absolute atomic E-state index is 11.6. The molecule has 8 heteroatoms. The Morgan fingerprint density at radius 1 is 1.04 bits per heavy atom. The van der Waals surface area contributed by atoms with Crippen molar-refractivity contribution in [3.8, 4) is 0 Å². The van der Waals surface area contributed by atoms with Gasteiger partial charge in [0.2, 0.25) is 0 Å². The Morgan fingerprint density at radius 3 is 2.30 bits per heavy atom. The number of nitrogens with zero attached hydrogens (tertiary/aromatic N) is 3. The molecule has 0 aromatic carbocycles. The van der Waals surface area contributed by atoms with Gasteiger partial charge < -0.3 is 18.8 Å². The van der Waals surface area contributed by atoms with Gasteiger partial charge in [-0.2, -0.15) is 0 Å². The second kappa shape index (κ2) is 9.96. The molecule has 0 saturated carbocycles. The number of esters is 2. The summed E-state index contributed by atoms with van der Waals surface area (Å²) in [7, 11) is 0. The van der Waals surface area contributed by atoms with Crippen LogP contribution in [0.1, 0.15) is 12.8 Å². The lowest BCUT2D eigenvalue weighted by molar-refractivity contribution is -0.150. The van der Waals surface area contributed by atoms with E-state index < -0.39 is 5.97 Å². The Labute approximate surface area is 135 Å². The number of rotatable bonds is 9. The van der Waals surface area contributed by atoms with Gasteiger partial charge in [-0.25, -0.2) is 4.98 Å². The predicted octanol–water partition coefficient (Wildman–Crippen LogP) is 0.0819. The molecule has 0 amide bonds. The van der Waals surface area contributed by atoms with Crippen molar-refractivity contribution in [2.24, 2.45) is 0 Å². The van der Waals surface area contributed by atoms with E-state index >= 15 is 0 Å². The minimum Gasteiger partial charge on any atom is -0.464 e. The molecule has 0 aliphatic carbocycles. The Hall–Kier alpha value is -1.93. The van der Waals surface area contributed by atoms with Crippen molar-refractivity contribution in [3.63, 3.8) is 0 Å². The number of hydrogen-bond donors (Lipinski definition) is 0. The summed E-state index contributed by atoms with van der Waals surface area (Å²) in [6, 6.07) is 0. The molecule has 128 valence electrons. The van der Waals surface area contributed by atoms with Crippen molar-refractivity contribution in [3.05, 3.63) is 18.7 Å². The zero-order valence-corrected chi connectivity index (χ0v) is 13.2. The molecule has 0 N–H and O–H groups in total. The third kappa shape index (κ3) is 7.25. The quantitative estimate of drug-likeness (QED) is 0.595. The molecule has 1 saturated heterocycles. The summed E-state index contributed by atoms with van der Waals surface area (Å²) in [5, 5.41) is 0. The van der Waals surface area contributed by atoms with Crippen molar-refractivity contribution in [2.45, 2.75) is 19.4 Å². The molecule has 2 heterocycles. The van der Waals surface area contributed by atoms with E-state index in [9.17, 15) is 9.59 Å². The number of carbonyl (C=O) groups is 2. The molecule has 8 nitrogen and oxygen atoms in total. The highest BCUT2D eigenvalue weighted by Crippen LogP contribution is 1.99. The first kappa shape index (κ1) is 17.4. The minimum absolute atomic E-state index is 0.0420. The van der Waals surface area contributed by atoms with Crippen molar-refractivity contribution >= 4 is 11.9 Å². The first-order chi connectivity index (χ1) is 11.2. The van der Waals surface area contributed by atoms with Crippen LogP contribution in [0.4, 0.5) is 0 Å². The summed E-state index contributed by atoms with van der Waals surface area (Å²) in [6.07, 6.45) is 5.20. The maximum Gasteiger partial charge on any atom is 0.306 e. The van der Waals surface area contributed by atoms with E-state index in [1.54, 1.807) is 18.7 Å². The number of hydrogen-bond acceptors (Lipinski definition) is 7. The Morgan fingerprint density at radius 2 is 1.70 bits per heavy atom. The van der Waals surface area contributed by atoms with Crippen LogP contribution in [0.25, 0.3) is 0 Å². The zero-order chi connectivity index (χ0) is 16.3. The standard InChI is InChI=1S/C15H23N3O5/c19-14(22-11-7-17-5-9-21-10-6-17)1-2-15(20)23-12-8-18-4-3-16-13-18/h3-4,13H,1-2,5-12H2. The van der Waals surface area contributed by atoms with Crippen LogP contribution in [0, 0.1) is 0 Å². The maximum atomic E-state index is 11.6. The van der Waals surface area contributed by atoms with Gasteiger partial charge >= 0.3 is 11.9 Å². The fraction of sp³-hybridized carbons (Fsp3) is 0.667. The topological polar surface area (TPSA) is 82.9 Å². The van der Waals surface area contributed by atoms with E-state index in [-0.39, 0.29) is 25.4 Å². The van der Waals surface area contributed by atoms with Crippen molar-refractivity contribution in [2.75, 3.05) is 46.1 Å². The average Bonchev–Trinajstić information content (AvgIpc) is 3.07. The molecule has 23 heavy (non-hydrogen) atoms. The molecule has 1 aromatic rings. The van der Waals surface area contributed by atoms with E-state index in [0.29, 0.717) is 19.7 Å². The van der Waals surface area contributed by atoms with Gasteiger partial charge in [-0.1, -0.05) is 0 Å². The Bertz CT molecular complexity index is 471. The SMILES string of the molecule is O=C(CCC(=O)OCCn1ccnc1)OCCN1CCOCC1. The van der Waals surface area contributed by atoms with Gasteiger partial charge in [-0.05, 0) is 0 Å². The first-order valence-electron chi connectivity index (χ1n) is 7.81. The van der Waals surface area contributed by atoms with Gasteiger partial charge in [0.05, 0.1) is 38.9 Å². The van der Waals surface area contributed by atoms with E-state index in [0.717, 1.165) is 26.3 Å². The third-order valence-corrected chi connectivity index (χ3v) is 3.48. The number of imidazole rings is 1. The molecule has 2 rings (SSSR count). The number of ether oxygens (including phenoxy) is 3. The summed E-state index contributed by atoms with van der Waals surface area (Å²) in [5.41, 5.74) is 0. The second-order valence-electron chi connectivity index (χ2n) is 5.20. The van der Waals surface area contributed by atoms with E-state index in [4.69, 9.17) is 14.2 Å². The smallest absolute Gasteiger partial charge is 0.306 e. The highest BCUT2D eigenvalue weighted by molar-refractivity contribution is 5.77. The van der Waals surface area contributed by atoms with Crippen LogP contribution in [0.3, 0.4) is 0 Å². The summed E-state index contributed by atoms with van der Waals surface area (Å²) >= 11 is 0. The molecule has 1 fully saturated rings. The highest BCUT2D eigenvalue weighted by Gasteiger charge is 2.12. The molecular weight excluding hydrogens is 302 g/mol. The van der Waals surface area contributed by atoms with Gasteiger partial charge in [0.15, 0.2) is 0 Å². The summed E-state index contributed by atoms with van der Waals surface area (Å²) < 4.78 is 17.2. The van der Waals surface area contributed by atoms with E-state index in [2.05, 4.69) is 9.88 Å². The third-order valence-electron chi connectivity index (χ3n) is 3.48. The second-order valence-corrected chi connectivity index (χ2v) is 5.20. The lowest BCUT2D eigenvalue weighted by atomic mass is 10.3. The number of carbonyl (C=O) groups excluding carboxylic acids is 2. The molecular formula is C15H23N3O5. The van der Waals surface area contributed by atoms with Gasteiger partial charge in [-0.15, -0.1) is 0 Å². The molecule has 1 aliphatic rings. The van der Waals surface area contributed by atoms with Crippen LogP contribution in [-0.4, -0.2) is 72.5 Å². The van der Waals surface area contributed by atoms with Crippen LogP contribution in [0.15, 0.2) is 18.7 Å². The Balaban J connectivity index is 1.47. The van der Waals surface area contributed by atoms with Crippen LogP contribution >= 0.6 is 0 Å². The summed E-state index contributed by atoms with van der Waals surface area (Å²) in [5.74, 6) is -0.764. The van der Waals surface area contributed by atoms with Crippen molar-refractivity contribution in [1.82, 2.24) is 14.5 Å². The van der Waals surface area contributed by atoms with Gasteiger partial charge in [-0.3, -0.25) is 14.5 Å². The van der Waals surface area contributed by atoms with E-state index in [1.807, 2.05) is 4.57 Å². The lowest BCUT2D eigenvalue weighted by Gasteiger charge is -2.26. The molecule has 0 spiro atoms. The molecule has 0 unspecified atom stereocenters. The fourth-order valence-electron chi connectivity index (χ4n) is 2.15.